The SMILES string of the molecule is Nc1ccc(NC2CCc3ccccc3C2)cc1C(=O)O. The molecule has 1 aliphatic rings. The Balaban J connectivity index is 1.76. The molecular weight excluding hydrogens is 264 g/mol. The Hall–Kier alpha value is -2.49. The second kappa shape index (κ2) is 5.48. The molecule has 0 bridgehead atoms. The number of hydrogen-bond acceptors (Lipinski definition) is 3. The summed E-state index contributed by atoms with van der Waals surface area (Å²) in [6.07, 6.45) is 3.06. The topological polar surface area (TPSA) is 75.3 Å². The monoisotopic (exact) mass is 282 g/mol. The van der Waals surface area contributed by atoms with Crippen molar-refractivity contribution >= 4 is 17.3 Å². The molecule has 0 saturated carbocycles. The van der Waals surface area contributed by atoms with Crippen LogP contribution in [0.4, 0.5) is 11.4 Å². The van der Waals surface area contributed by atoms with E-state index in [9.17, 15) is 4.79 Å². The van der Waals surface area contributed by atoms with Crippen molar-refractivity contribution in [3.8, 4) is 0 Å². The number of carboxylic acid groups (broad SMARTS) is 1. The molecule has 1 atom stereocenters. The van der Waals surface area contributed by atoms with Gasteiger partial charge in [0.1, 0.15) is 0 Å². The lowest BCUT2D eigenvalue weighted by Crippen LogP contribution is -2.27. The number of carboxylic acids is 1. The third-order valence-corrected chi connectivity index (χ3v) is 4.00. The van der Waals surface area contributed by atoms with Crippen molar-refractivity contribution in [3.63, 3.8) is 0 Å². The van der Waals surface area contributed by atoms with Crippen molar-refractivity contribution in [2.24, 2.45) is 0 Å². The van der Waals surface area contributed by atoms with Gasteiger partial charge in [-0.15, -0.1) is 0 Å². The molecule has 0 saturated heterocycles. The summed E-state index contributed by atoms with van der Waals surface area (Å²) in [5, 5.41) is 12.5. The molecule has 1 unspecified atom stereocenters. The van der Waals surface area contributed by atoms with Crippen LogP contribution in [0, 0.1) is 0 Å². The third kappa shape index (κ3) is 2.84. The van der Waals surface area contributed by atoms with Gasteiger partial charge in [-0.1, -0.05) is 24.3 Å². The number of rotatable bonds is 3. The molecule has 4 nitrogen and oxygen atoms in total. The second-order valence-electron chi connectivity index (χ2n) is 5.46. The van der Waals surface area contributed by atoms with Gasteiger partial charge in [0.15, 0.2) is 0 Å². The van der Waals surface area contributed by atoms with Crippen LogP contribution in [0.3, 0.4) is 0 Å². The zero-order chi connectivity index (χ0) is 14.8. The molecule has 2 aromatic rings. The van der Waals surface area contributed by atoms with Crippen LogP contribution in [0.1, 0.15) is 27.9 Å². The van der Waals surface area contributed by atoms with Crippen LogP contribution in [0.15, 0.2) is 42.5 Å². The molecule has 0 aliphatic heterocycles. The van der Waals surface area contributed by atoms with Crippen LogP contribution in [0.5, 0.6) is 0 Å². The van der Waals surface area contributed by atoms with E-state index < -0.39 is 5.97 Å². The van der Waals surface area contributed by atoms with E-state index >= 15 is 0 Å². The summed E-state index contributed by atoms with van der Waals surface area (Å²) in [5.41, 5.74) is 9.72. The van der Waals surface area contributed by atoms with Crippen molar-refractivity contribution in [1.29, 1.82) is 0 Å². The van der Waals surface area contributed by atoms with Crippen LogP contribution >= 0.6 is 0 Å². The van der Waals surface area contributed by atoms with Gasteiger partial charge >= 0.3 is 5.97 Å². The van der Waals surface area contributed by atoms with E-state index in [1.165, 1.54) is 11.1 Å². The summed E-state index contributed by atoms with van der Waals surface area (Å²) < 4.78 is 0. The fourth-order valence-electron chi connectivity index (χ4n) is 2.89. The van der Waals surface area contributed by atoms with Gasteiger partial charge in [-0.25, -0.2) is 4.79 Å². The highest BCUT2D eigenvalue weighted by Gasteiger charge is 2.18. The maximum Gasteiger partial charge on any atom is 0.337 e. The average molecular weight is 282 g/mol. The second-order valence-corrected chi connectivity index (χ2v) is 5.46. The molecule has 0 spiro atoms. The number of nitrogens with one attached hydrogen (secondary N) is 1. The molecular formula is C17H18N2O2. The van der Waals surface area contributed by atoms with Crippen LogP contribution in [-0.4, -0.2) is 17.1 Å². The molecule has 21 heavy (non-hydrogen) atoms. The van der Waals surface area contributed by atoms with E-state index in [1.54, 1.807) is 12.1 Å². The van der Waals surface area contributed by atoms with Gasteiger partial charge in [-0.2, -0.15) is 0 Å². The standard InChI is InChI=1S/C17H18N2O2/c18-16-8-7-14(10-15(16)17(20)21)19-13-6-5-11-3-1-2-4-12(11)9-13/h1-4,7-8,10,13,19H,5-6,9,18H2,(H,20,21). The molecule has 0 aromatic heterocycles. The highest BCUT2D eigenvalue weighted by Crippen LogP contribution is 2.25. The lowest BCUT2D eigenvalue weighted by molar-refractivity contribution is 0.0698. The molecule has 1 aliphatic carbocycles. The van der Waals surface area contributed by atoms with Crippen molar-refractivity contribution in [2.45, 2.75) is 25.3 Å². The van der Waals surface area contributed by atoms with Crippen LogP contribution < -0.4 is 11.1 Å². The van der Waals surface area contributed by atoms with Gasteiger partial charge in [0.25, 0.3) is 0 Å². The van der Waals surface area contributed by atoms with Gasteiger partial charge in [0, 0.05) is 17.4 Å². The Labute approximate surface area is 123 Å². The summed E-state index contributed by atoms with van der Waals surface area (Å²) in [7, 11) is 0. The Bertz CT molecular complexity index is 682. The van der Waals surface area contributed by atoms with Gasteiger partial charge in [0.2, 0.25) is 0 Å². The van der Waals surface area contributed by atoms with E-state index in [1.807, 2.05) is 6.07 Å². The van der Waals surface area contributed by atoms with Gasteiger partial charge in [-0.05, 0) is 48.6 Å². The maximum absolute atomic E-state index is 11.1. The first-order valence-corrected chi connectivity index (χ1v) is 7.09. The molecule has 2 aromatic carbocycles. The minimum absolute atomic E-state index is 0.149. The van der Waals surface area contributed by atoms with Crippen molar-refractivity contribution in [2.75, 3.05) is 11.1 Å². The largest absolute Gasteiger partial charge is 0.478 e. The highest BCUT2D eigenvalue weighted by atomic mass is 16.4. The molecule has 0 heterocycles. The zero-order valence-corrected chi connectivity index (χ0v) is 11.7. The minimum atomic E-state index is -0.995. The van der Waals surface area contributed by atoms with Crippen molar-refractivity contribution in [1.82, 2.24) is 0 Å². The minimum Gasteiger partial charge on any atom is -0.478 e. The molecule has 4 heteroatoms. The fraction of sp³-hybridized carbons (Fsp3) is 0.235. The number of fused-ring (bicyclic) bond motifs is 1. The summed E-state index contributed by atoms with van der Waals surface area (Å²) in [4.78, 5) is 11.1. The normalized spacial score (nSPS) is 17.0. The molecule has 108 valence electrons. The summed E-state index contributed by atoms with van der Waals surface area (Å²) in [6, 6.07) is 13.9. The molecule has 3 rings (SSSR count). The van der Waals surface area contributed by atoms with Gasteiger partial charge in [0.05, 0.1) is 5.56 Å². The summed E-state index contributed by atoms with van der Waals surface area (Å²) in [6.45, 7) is 0. The Morgan fingerprint density at radius 1 is 1.19 bits per heavy atom. The number of aryl methyl sites for hydroxylation is 1. The number of nitrogen functional groups attached to an aromatic ring is 1. The number of anilines is 2. The Morgan fingerprint density at radius 2 is 1.95 bits per heavy atom. The number of benzene rings is 2. The van der Waals surface area contributed by atoms with Crippen LogP contribution in [-0.2, 0) is 12.8 Å². The van der Waals surface area contributed by atoms with E-state index in [4.69, 9.17) is 10.8 Å². The van der Waals surface area contributed by atoms with E-state index in [0.29, 0.717) is 11.7 Å². The molecule has 0 fully saturated rings. The third-order valence-electron chi connectivity index (χ3n) is 4.00. The Kier molecular flexibility index (Phi) is 3.52. The van der Waals surface area contributed by atoms with Crippen molar-refractivity contribution < 1.29 is 9.90 Å². The first kappa shape index (κ1) is 13.5. The molecule has 0 amide bonds. The smallest absolute Gasteiger partial charge is 0.337 e. The molecule has 4 N–H and O–H groups in total. The summed E-state index contributed by atoms with van der Waals surface area (Å²) >= 11 is 0. The van der Waals surface area contributed by atoms with Gasteiger partial charge < -0.3 is 16.2 Å². The number of nitrogens with two attached hydrogens (primary N) is 1. The Morgan fingerprint density at radius 3 is 2.71 bits per heavy atom. The number of aromatic carboxylic acids is 1. The lowest BCUT2D eigenvalue weighted by atomic mass is 9.88. The highest BCUT2D eigenvalue weighted by molar-refractivity contribution is 5.94. The quantitative estimate of drug-likeness (QED) is 0.757. The van der Waals surface area contributed by atoms with Crippen LogP contribution in [0.25, 0.3) is 0 Å². The summed E-state index contributed by atoms with van der Waals surface area (Å²) in [5.74, 6) is -0.995. The first-order chi connectivity index (χ1) is 10.1. The van der Waals surface area contributed by atoms with Crippen molar-refractivity contribution in [3.05, 3.63) is 59.2 Å². The predicted molar refractivity (Wildman–Crippen MR) is 83.7 cm³/mol. The molecule has 0 radical (unpaired) electrons. The van der Waals surface area contributed by atoms with E-state index in [-0.39, 0.29) is 5.56 Å². The predicted octanol–water partition coefficient (Wildman–Crippen LogP) is 2.94. The zero-order valence-electron chi connectivity index (χ0n) is 11.7. The number of hydrogen-bond donors (Lipinski definition) is 3. The number of carbonyl (C=O) groups is 1. The van der Waals surface area contributed by atoms with Gasteiger partial charge in [-0.3, -0.25) is 0 Å². The average Bonchev–Trinajstić information content (AvgIpc) is 2.49. The lowest BCUT2D eigenvalue weighted by Gasteiger charge is -2.26. The maximum atomic E-state index is 11.1. The van der Waals surface area contributed by atoms with Crippen LogP contribution in [0.2, 0.25) is 0 Å². The van der Waals surface area contributed by atoms with E-state index in [2.05, 4.69) is 29.6 Å². The fourth-order valence-corrected chi connectivity index (χ4v) is 2.89. The van der Waals surface area contributed by atoms with E-state index in [0.717, 1.165) is 24.9 Å². The first-order valence-electron chi connectivity index (χ1n) is 7.09.